The molecule has 0 radical (unpaired) electrons. The highest BCUT2D eigenvalue weighted by Gasteiger charge is 2.26. The molecule has 0 unspecified atom stereocenters. The second kappa shape index (κ2) is 8.52. The highest BCUT2D eigenvalue weighted by molar-refractivity contribution is 7.90. The molecule has 8 heteroatoms. The third kappa shape index (κ3) is 4.08. The van der Waals surface area contributed by atoms with Crippen LogP contribution in [0.3, 0.4) is 0 Å². The van der Waals surface area contributed by atoms with E-state index in [0.29, 0.717) is 19.7 Å². The van der Waals surface area contributed by atoms with Crippen molar-refractivity contribution < 1.29 is 22.3 Å². The van der Waals surface area contributed by atoms with Gasteiger partial charge in [0.05, 0.1) is 6.54 Å². The summed E-state index contributed by atoms with van der Waals surface area (Å²) >= 11 is 1.70. The molecule has 34 heavy (non-hydrogen) atoms. The number of thiophene rings is 1. The Kier molecular flexibility index (Phi) is 5.65. The monoisotopic (exact) mass is 495 g/mol. The molecular weight excluding hydrogens is 473 g/mol. The molecule has 0 fully saturated rings. The normalized spacial score (nSPS) is 13.9. The zero-order valence-corrected chi connectivity index (χ0v) is 20.3. The SMILES string of the molecule is Cc1c(C(=O)N2CCOc3ccc(-c4cc5ccccc5s4)cc3C2)ccc(S(C)(=O)=O)c1F. The van der Waals surface area contributed by atoms with Crippen LogP contribution in [0.25, 0.3) is 20.5 Å². The van der Waals surface area contributed by atoms with Gasteiger partial charge >= 0.3 is 0 Å². The molecule has 1 aromatic heterocycles. The van der Waals surface area contributed by atoms with Crippen molar-refractivity contribution in [3.63, 3.8) is 0 Å². The van der Waals surface area contributed by atoms with Crippen molar-refractivity contribution in [1.29, 1.82) is 0 Å². The zero-order valence-electron chi connectivity index (χ0n) is 18.7. The average Bonchev–Trinajstić information content (AvgIpc) is 3.12. The first kappa shape index (κ1) is 22.6. The number of nitrogens with zero attached hydrogens (tertiary/aromatic N) is 1. The molecule has 5 nitrogen and oxygen atoms in total. The quantitative estimate of drug-likeness (QED) is 0.379. The van der Waals surface area contributed by atoms with Crippen LogP contribution >= 0.6 is 11.3 Å². The third-order valence-corrected chi connectivity index (χ3v) is 8.30. The number of halogens is 1. The fourth-order valence-electron chi connectivity index (χ4n) is 4.19. The van der Waals surface area contributed by atoms with Gasteiger partial charge in [0.2, 0.25) is 0 Å². The summed E-state index contributed by atoms with van der Waals surface area (Å²) in [6.07, 6.45) is 0.948. The van der Waals surface area contributed by atoms with Gasteiger partial charge in [0.1, 0.15) is 23.1 Å². The predicted molar refractivity (Wildman–Crippen MR) is 132 cm³/mol. The number of ether oxygens (including phenoxy) is 1. The smallest absolute Gasteiger partial charge is 0.254 e. The van der Waals surface area contributed by atoms with Gasteiger partial charge in [-0.1, -0.05) is 18.2 Å². The molecule has 1 aliphatic rings. The highest BCUT2D eigenvalue weighted by Crippen LogP contribution is 2.36. The van der Waals surface area contributed by atoms with E-state index >= 15 is 0 Å². The van der Waals surface area contributed by atoms with Crippen LogP contribution in [0.2, 0.25) is 0 Å². The maximum Gasteiger partial charge on any atom is 0.254 e. The van der Waals surface area contributed by atoms with Crippen molar-refractivity contribution in [3.8, 4) is 16.2 Å². The molecule has 0 spiro atoms. The first-order valence-corrected chi connectivity index (χ1v) is 13.5. The lowest BCUT2D eigenvalue weighted by Gasteiger charge is -2.21. The summed E-state index contributed by atoms with van der Waals surface area (Å²) in [5.74, 6) is -0.525. The number of sulfone groups is 1. The maximum absolute atomic E-state index is 14.8. The molecule has 1 amide bonds. The van der Waals surface area contributed by atoms with E-state index in [4.69, 9.17) is 4.74 Å². The number of rotatable bonds is 3. The van der Waals surface area contributed by atoms with E-state index in [1.54, 1.807) is 16.2 Å². The molecule has 2 heterocycles. The summed E-state index contributed by atoms with van der Waals surface area (Å²) in [5.41, 5.74) is 2.08. The van der Waals surface area contributed by atoms with Gasteiger partial charge in [0.15, 0.2) is 9.84 Å². The third-order valence-electron chi connectivity index (χ3n) is 6.02. The van der Waals surface area contributed by atoms with Crippen LogP contribution in [0.15, 0.2) is 65.6 Å². The molecule has 0 bridgehead atoms. The van der Waals surface area contributed by atoms with E-state index in [1.165, 1.54) is 23.1 Å². The Hall–Kier alpha value is -3.23. The number of hydrogen-bond donors (Lipinski definition) is 0. The lowest BCUT2D eigenvalue weighted by atomic mass is 10.0. The second-order valence-corrected chi connectivity index (χ2v) is 11.4. The summed E-state index contributed by atoms with van der Waals surface area (Å²) in [6, 6.07) is 18.9. The molecule has 3 aromatic carbocycles. The molecule has 0 atom stereocenters. The van der Waals surface area contributed by atoms with Crippen LogP contribution in [0.1, 0.15) is 21.5 Å². The van der Waals surface area contributed by atoms with Crippen molar-refractivity contribution in [3.05, 3.63) is 83.2 Å². The lowest BCUT2D eigenvalue weighted by Crippen LogP contribution is -2.33. The Balaban J connectivity index is 1.47. The Morgan fingerprint density at radius 2 is 1.88 bits per heavy atom. The van der Waals surface area contributed by atoms with Gasteiger partial charge in [-0.15, -0.1) is 11.3 Å². The first-order valence-electron chi connectivity index (χ1n) is 10.8. The zero-order chi connectivity index (χ0) is 24.0. The fraction of sp³-hybridized carbons (Fsp3) is 0.192. The minimum absolute atomic E-state index is 0.0253. The summed E-state index contributed by atoms with van der Waals surface area (Å²) in [6.45, 7) is 2.38. The minimum atomic E-state index is -3.73. The van der Waals surface area contributed by atoms with Gasteiger partial charge in [-0.25, -0.2) is 12.8 Å². The van der Waals surface area contributed by atoms with E-state index in [2.05, 4.69) is 18.2 Å². The maximum atomic E-state index is 14.8. The predicted octanol–water partition coefficient (Wildman–Crippen LogP) is 5.45. The van der Waals surface area contributed by atoms with Crippen LogP contribution in [-0.4, -0.2) is 38.6 Å². The number of fused-ring (bicyclic) bond motifs is 2. The molecule has 0 saturated heterocycles. The van der Waals surface area contributed by atoms with Crippen LogP contribution < -0.4 is 4.74 Å². The number of hydrogen-bond acceptors (Lipinski definition) is 5. The molecule has 174 valence electrons. The molecule has 1 aliphatic heterocycles. The number of carbonyl (C=O) groups excluding carboxylic acids is 1. The van der Waals surface area contributed by atoms with E-state index in [1.807, 2.05) is 30.3 Å². The van der Waals surface area contributed by atoms with Crippen LogP contribution in [0.5, 0.6) is 5.75 Å². The fourth-order valence-corrected chi connectivity index (χ4v) is 6.05. The van der Waals surface area contributed by atoms with Gasteiger partial charge in [-0.3, -0.25) is 4.79 Å². The molecule has 0 saturated carbocycles. The van der Waals surface area contributed by atoms with Gasteiger partial charge in [0, 0.05) is 33.5 Å². The van der Waals surface area contributed by atoms with Gasteiger partial charge in [-0.2, -0.15) is 0 Å². The van der Waals surface area contributed by atoms with Crippen molar-refractivity contribution in [2.24, 2.45) is 0 Å². The van der Waals surface area contributed by atoms with E-state index in [9.17, 15) is 17.6 Å². The average molecular weight is 496 g/mol. The molecular formula is C26H22FNO4S2. The minimum Gasteiger partial charge on any atom is -0.491 e. The summed E-state index contributed by atoms with van der Waals surface area (Å²) in [5, 5.41) is 1.18. The summed E-state index contributed by atoms with van der Waals surface area (Å²) < 4.78 is 45.5. The summed E-state index contributed by atoms with van der Waals surface area (Å²) in [4.78, 5) is 15.7. The van der Waals surface area contributed by atoms with E-state index < -0.39 is 20.5 Å². The van der Waals surface area contributed by atoms with E-state index in [0.717, 1.165) is 34.1 Å². The van der Waals surface area contributed by atoms with Crippen molar-refractivity contribution in [2.45, 2.75) is 18.4 Å². The Morgan fingerprint density at radius 3 is 2.65 bits per heavy atom. The Labute approximate surface area is 201 Å². The van der Waals surface area contributed by atoms with Gasteiger partial charge in [0.25, 0.3) is 5.91 Å². The van der Waals surface area contributed by atoms with Crippen LogP contribution in [0, 0.1) is 12.7 Å². The van der Waals surface area contributed by atoms with Crippen molar-refractivity contribution >= 4 is 37.2 Å². The largest absolute Gasteiger partial charge is 0.491 e. The van der Waals surface area contributed by atoms with Crippen molar-refractivity contribution in [1.82, 2.24) is 4.90 Å². The number of amides is 1. The highest BCUT2D eigenvalue weighted by atomic mass is 32.2. The molecule has 4 aromatic rings. The van der Waals surface area contributed by atoms with Crippen LogP contribution in [-0.2, 0) is 16.4 Å². The Morgan fingerprint density at radius 1 is 1.09 bits per heavy atom. The summed E-state index contributed by atoms with van der Waals surface area (Å²) in [7, 11) is -3.73. The number of carbonyl (C=O) groups is 1. The van der Waals surface area contributed by atoms with Gasteiger partial charge in [-0.05, 0) is 65.9 Å². The van der Waals surface area contributed by atoms with E-state index in [-0.39, 0.29) is 17.0 Å². The molecule has 5 rings (SSSR count). The Bertz CT molecular complexity index is 1510. The van der Waals surface area contributed by atoms with Crippen LogP contribution in [0.4, 0.5) is 4.39 Å². The molecule has 0 aliphatic carbocycles. The standard InChI is InChI=1S/C26H22FNO4S2/c1-16-20(8-10-24(25(16)27)34(2,30)31)26(29)28-11-12-32-21-9-7-18(13-19(21)15-28)23-14-17-5-3-4-6-22(17)33-23/h3-10,13-14H,11-12,15H2,1-2H3. The van der Waals surface area contributed by atoms with Gasteiger partial charge < -0.3 is 9.64 Å². The first-order chi connectivity index (χ1) is 16.2. The lowest BCUT2D eigenvalue weighted by molar-refractivity contribution is 0.0731. The number of benzene rings is 3. The molecule has 0 N–H and O–H groups in total. The van der Waals surface area contributed by atoms with Crippen molar-refractivity contribution in [2.75, 3.05) is 19.4 Å². The second-order valence-electron chi connectivity index (χ2n) is 8.37. The topological polar surface area (TPSA) is 63.7 Å².